The molecule has 0 aliphatic carbocycles. The van der Waals surface area contributed by atoms with Gasteiger partial charge in [0.15, 0.2) is 5.16 Å². The van der Waals surface area contributed by atoms with E-state index < -0.39 is 0 Å². The van der Waals surface area contributed by atoms with Crippen molar-refractivity contribution in [1.29, 1.82) is 0 Å². The third-order valence-corrected chi connectivity index (χ3v) is 5.13. The Hall–Kier alpha value is -2.80. The SMILES string of the molecule is COc1ccc(C)cc1C(C)NC(=O)c1ccc(CSc2ncn[nH]2)cc1. The van der Waals surface area contributed by atoms with Gasteiger partial charge in [0.2, 0.25) is 0 Å². The van der Waals surface area contributed by atoms with E-state index in [1.807, 2.05) is 56.3 Å². The van der Waals surface area contributed by atoms with Gasteiger partial charge in [-0.2, -0.15) is 5.10 Å². The molecular formula is C20H22N4O2S. The summed E-state index contributed by atoms with van der Waals surface area (Å²) in [4.78, 5) is 16.7. The van der Waals surface area contributed by atoms with Gasteiger partial charge in [-0.05, 0) is 37.6 Å². The van der Waals surface area contributed by atoms with Crippen LogP contribution in [-0.2, 0) is 5.75 Å². The number of aromatic nitrogens is 3. The van der Waals surface area contributed by atoms with E-state index in [2.05, 4.69) is 20.5 Å². The van der Waals surface area contributed by atoms with Crippen LogP contribution in [0.5, 0.6) is 5.75 Å². The minimum atomic E-state index is -0.158. The van der Waals surface area contributed by atoms with Gasteiger partial charge < -0.3 is 10.1 Å². The van der Waals surface area contributed by atoms with Crippen molar-refractivity contribution < 1.29 is 9.53 Å². The van der Waals surface area contributed by atoms with Crippen LogP contribution in [0.3, 0.4) is 0 Å². The Morgan fingerprint density at radius 2 is 2.04 bits per heavy atom. The number of thioether (sulfide) groups is 1. The molecule has 1 unspecified atom stereocenters. The zero-order valence-electron chi connectivity index (χ0n) is 15.5. The Labute approximate surface area is 162 Å². The minimum absolute atomic E-state index is 0.111. The fourth-order valence-electron chi connectivity index (χ4n) is 2.72. The average molecular weight is 382 g/mol. The van der Waals surface area contributed by atoms with Crippen LogP contribution in [0.15, 0.2) is 53.9 Å². The number of H-pyrrole nitrogens is 1. The summed E-state index contributed by atoms with van der Waals surface area (Å²) in [6.45, 7) is 3.98. The van der Waals surface area contributed by atoms with E-state index in [4.69, 9.17) is 4.74 Å². The number of nitrogens with one attached hydrogen (secondary N) is 2. The van der Waals surface area contributed by atoms with E-state index >= 15 is 0 Å². The van der Waals surface area contributed by atoms with Crippen molar-refractivity contribution in [2.75, 3.05) is 7.11 Å². The molecular weight excluding hydrogens is 360 g/mol. The average Bonchev–Trinajstić information content (AvgIpc) is 3.20. The Bertz CT molecular complexity index is 895. The van der Waals surface area contributed by atoms with E-state index in [9.17, 15) is 4.79 Å². The lowest BCUT2D eigenvalue weighted by Crippen LogP contribution is -2.27. The summed E-state index contributed by atoms with van der Waals surface area (Å²) in [5, 5.41) is 10.5. The van der Waals surface area contributed by atoms with Gasteiger partial charge in [-0.3, -0.25) is 9.89 Å². The van der Waals surface area contributed by atoms with Crippen LogP contribution in [0.1, 0.15) is 40.0 Å². The van der Waals surface area contributed by atoms with E-state index in [1.165, 1.54) is 6.33 Å². The highest BCUT2D eigenvalue weighted by molar-refractivity contribution is 7.98. The number of nitrogens with zero attached hydrogens (tertiary/aromatic N) is 2. The van der Waals surface area contributed by atoms with Crippen LogP contribution < -0.4 is 10.1 Å². The molecule has 0 aliphatic heterocycles. The molecule has 0 spiro atoms. The Kier molecular flexibility index (Phi) is 6.13. The first-order chi connectivity index (χ1) is 13.1. The molecule has 2 aromatic carbocycles. The second-order valence-electron chi connectivity index (χ2n) is 6.22. The number of benzene rings is 2. The largest absolute Gasteiger partial charge is 0.496 e. The summed E-state index contributed by atoms with van der Waals surface area (Å²) in [5.41, 5.74) is 3.83. The molecule has 27 heavy (non-hydrogen) atoms. The minimum Gasteiger partial charge on any atom is -0.496 e. The van der Waals surface area contributed by atoms with Crippen molar-refractivity contribution >= 4 is 17.7 Å². The first kappa shape index (κ1) is 19.0. The lowest BCUT2D eigenvalue weighted by atomic mass is 10.0. The van der Waals surface area contributed by atoms with Crippen LogP contribution in [0.4, 0.5) is 0 Å². The Morgan fingerprint density at radius 3 is 2.70 bits per heavy atom. The molecule has 3 rings (SSSR count). The van der Waals surface area contributed by atoms with E-state index in [1.54, 1.807) is 18.9 Å². The molecule has 1 aromatic heterocycles. The fraction of sp³-hybridized carbons (Fsp3) is 0.250. The Morgan fingerprint density at radius 1 is 1.26 bits per heavy atom. The van der Waals surface area contributed by atoms with Crippen LogP contribution in [0.25, 0.3) is 0 Å². The van der Waals surface area contributed by atoms with Gasteiger partial charge in [0, 0.05) is 16.9 Å². The number of hydrogen-bond acceptors (Lipinski definition) is 5. The number of carbonyl (C=O) groups excluding carboxylic acids is 1. The van der Waals surface area contributed by atoms with Crippen molar-refractivity contribution in [1.82, 2.24) is 20.5 Å². The maximum absolute atomic E-state index is 12.6. The van der Waals surface area contributed by atoms with Crippen molar-refractivity contribution in [2.45, 2.75) is 30.8 Å². The number of ether oxygens (including phenoxy) is 1. The number of carbonyl (C=O) groups is 1. The van der Waals surface area contributed by atoms with Crippen LogP contribution in [0.2, 0.25) is 0 Å². The molecule has 1 amide bonds. The predicted octanol–water partition coefficient (Wildman–Crippen LogP) is 3.91. The van der Waals surface area contributed by atoms with Gasteiger partial charge in [-0.1, -0.05) is 41.6 Å². The third-order valence-electron chi connectivity index (χ3n) is 4.18. The summed E-state index contributed by atoms with van der Waals surface area (Å²) in [6.07, 6.45) is 1.49. The topological polar surface area (TPSA) is 79.9 Å². The van der Waals surface area contributed by atoms with E-state index in [-0.39, 0.29) is 11.9 Å². The van der Waals surface area contributed by atoms with Crippen LogP contribution >= 0.6 is 11.8 Å². The Balaban J connectivity index is 1.63. The number of rotatable bonds is 7. The first-order valence-electron chi connectivity index (χ1n) is 8.59. The normalized spacial score (nSPS) is 11.8. The summed E-state index contributed by atoms with van der Waals surface area (Å²) in [7, 11) is 1.64. The molecule has 140 valence electrons. The second-order valence-corrected chi connectivity index (χ2v) is 7.18. The van der Waals surface area contributed by atoms with Gasteiger partial charge >= 0.3 is 0 Å². The number of hydrogen-bond donors (Lipinski definition) is 2. The molecule has 1 atom stereocenters. The van der Waals surface area contributed by atoms with Gasteiger partial charge in [-0.15, -0.1) is 0 Å². The smallest absolute Gasteiger partial charge is 0.251 e. The number of amides is 1. The molecule has 7 heteroatoms. The maximum atomic E-state index is 12.6. The molecule has 0 saturated carbocycles. The van der Waals surface area contributed by atoms with Crippen molar-refractivity contribution in [3.8, 4) is 5.75 Å². The highest BCUT2D eigenvalue weighted by Crippen LogP contribution is 2.26. The third kappa shape index (κ3) is 4.89. The van der Waals surface area contributed by atoms with Gasteiger partial charge in [0.1, 0.15) is 12.1 Å². The zero-order valence-corrected chi connectivity index (χ0v) is 16.3. The van der Waals surface area contributed by atoms with Crippen LogP contribution in [0, 0.1) is 6.92 Å². The molecule has 6 nitrogen and oxygen atoms in total. The lowest BCUT2D eigenvalue weighted by molar-refractivity contribution is 0.0939. The molecule has 0 bridgehead atoms. The molecule has 0 radical (unpaired) electrons. The monoisotopic (exact) mass is 382 g/mol. The van der Waals surface area contributed by atoms with Crippen molar-refractivity contribution in [2.24, 2.45) is 0 Å². The lowest BCUT2D eigenvalue weighted by Gasteiger charge is -2.18. The molecule has 0 fully saturated rings. The van der Waals surface area contributed by atoms with E-state index in [0.29, 0.717) is 5.56 Å². The van der Waals surface area contributed by atoms with E-state index in [0.717, 1.165) is 33.3 Å². The standard InChI is InChI=1S/C20H22N4O2S/c1-13-4-9-18(26-3)17(10-13)14(2)23-19(25)16-7-5-15(6-8-16)11-27-20-21-12-22-24-20/h4-10,12,14H,11H2,1-3H3,(H,23,25)(H,21,22,24). The van der Waals surface area contributed by atoms with Gasteiger partial charge in [0.25, 0.3) is 5.91 Å². The quantitative estimate of drug-likeness (QED) is 0.606. The summed E-state index contributed by atoms with van der Waals surface area (Å²) >= 11 is 1.56. The zero-order chi connectivity index (χ0) is 19.2. The highest BCUT2D eigenvalue weighted by atomic mass is 32.2. The second kappa shape index (κ2) is 8.73. The predicted molar refractivity (Wildman–Crippen MR) is 106 cm³/mol. The maximum Gasteiger partial charge on any atom is 0.251 e. The number of methoxy groups -OCH3 is 1. The molecule has 2 N–H and O–H groups in total. The molecule has 3 aromatic rings. The van der Waals surface area contributed by atoms with Gasteiger partial charge in [-0.25, -0.2) is 4.98 Å². The number of aryl methyl sites for hydroxylation is 1. The summed E-state index contributed by atoms with van der Waals surface area (Å²) in [5.74, 6) is 1.42. The summed E-state index contributed by atoms with van der Waals surface area (Å²) in [6, 6.07) is 13.4. The van der Waals surface area contributed by atoms with Crippen molar-refractivity contribution in [3.05, 3.63) is 71.0 Å². The molecule has 1 heterocycles. The van der Waals surface area contributed by atoms with Crippen LogP contribution in [-0.4, -0.2) is 28.2 Å². The van der Waals surface area contributed by atoms with Gasteiger partial charge in [0.05, 0.1) is 13.2 Å². The molecule has 0 aliphatic rings. The first-order valence-corrected chi connectivity index (χ1v) is 9.58. The number of aromatic amines is 1. The molecule has 0 saturated heterocycles. The van der Waals surface area contributed by atoms with Crippen molar-refractivity contribution in [3.63, 3.8) is 0 Å². The highest BCUT2D eigenvalue weighted by Gasteiger charge is 2.15. The summed E-state index contributed by atoms with van der Waals surface area (Å²) < 4.78 is 5.42. The fourth-order valence-corrected chi connectivity index (χ4v) is 3.45.